The first kappa shape index (κ1) is 20.5. The standard InChI is InChI=1S/C22H15ClFN3O4/c1-12-3-2-4-14(9-12)20(29)25-19(18(28)13-5-6-16(23)17(24)10-13)27-11-15-7-8-31-21(15)26-22(27)30/h2-11,19H,1H3,(H,25,29). The Morgan fingerprint density at radius 3 is 2.71 bits per heavy atom. The summed E-state index contributed by atoms with van der Waals surface area (Å²) < 4.78 is 20.0. The van der Waals surface area contributed by atoms with Crippen LogP contribution in [0.25, 0.3) is 11.1 Å². The van der Waals surface area contributed by atoms with E-state index in [9.17, 15) is 18.8 Å². The molecule has 0 saturated heterocycles. The number of nitrogens with one attached hydrogen (secondary N) is 1. The average Bonchev–Trinajstić information content (AvgIpc) is 3.20. The number of carbonyl (C=O) groups is 2. The average molecular weight is 440 g/mol. The van der Waals surface area contributed by atoms with Gasteiger partial charge in [0, 0.05) is 17.3 Å². The highest BCUT2D eigenvalue weighted by atomic mass is 35.5. The number of halogens is 2. The first-order valence-corrected chi connectivity index (χ1v) is 9.54. The van der Waals surface area contributed by atoms with Crippen molar-refractivity contribution < 1.29 is 18.4 Å². The maximum absolute atomic E-state index is 14.0. The van der Waals surface area contributed by atoms with Crippen LogP contribution in [0.1, 0.15) is 32.4 Å². The van der Waals surface area contributed by atoms with Crippen molar-refractivity contribution in [3.63, 3.8) is 0 Å². The molecule has 31 heavy (non-hydrogen) atoms. The lowest BCUT2D eigenvalue weighted by molar-refractivity contribution is 0.0812. The van der Waals surface area contributed by atoms with Crippen molar-refractivity contribution in [3.8, 4) is 0 Å². The van der Waals surface area contributed by atoms with Crippen LogP contribution < -0.4 is 11.0 Å². The normalized spacial score (nSPS) is 12.0. The number of aryl methyl sites for hydroxylation is 1. The molecule has 2 heterocycles. The van der Waals surface area contributed by atoms with Gasteiger partial charge in [0.05, 0.1) is 16.7 Å². The van der Waals surface area contributed by atoms with Crippen LogP contribution in [-0.2, 0) is 0 Å². The maximum atomic E-state index is 14.0. The van der Waals surface area contributed by atoms with Gasteiger partial charge in [-0.05, 0) is 43.3 Å². The molecule has 4 aromatic rings. The second kappa shape index (κ2) is 8.16. The number of hydrogen-bond donors (Lipinski definition) is 1. The molecule has 2 aromatic carbocycles. The van der Waals surface area contributed by atoms with Gasteiger partial charge in [-0.25, -0.2) is 9.18 Å². The van der Waals surface area contributed by atoms with Crippen LogP contribution in [0.2, 0.25) is 5.02 Å². The number of benzene rings is 2. The van der Waals surface area contributed by atoms with Crippen LogP contribution in [-0.4, -0.2) is 21.2 Å². The third-order valence-electron chi connectivity index (χ3n) is 4.65. The van der Waals surface area contributed by atoms with Gasteiger partial charge in [-0.2, -0.15) is 4.98 Å². The maximum Gasteiger partial charge on any atom is 0.353 e. The van der Waals surface area contributed by atoms with E-state index in [2.05, 4.69) is 10.3 Å². The fourth-order valence-corrected chi connectivity index (χ4v) is 3.21. The van der Waals surface area contributed by atoms with E-state index in [4.69, 9.17) is 16.0 Å². The molecular formula is C22H15ClFN3O4. The quantitative estimate of drug-likeness (QED) is 0.476. The van der Waals surface area contributed by atoms with Crippen molar-refractivity contribution in [2.24, 2.45) is 0 Å². The Morgan fingerprint density at radius 2 is 1.97 bits per heavy atom. The van der Waals surface area contributed by atoms with Gasteiger partial charge in [0.15, 0.2) is 6.17 Å². The van der Waals surface area contributed by atoms with Gasteiger partial charge in [0.25, 0.3) is 5.91 Å². The number of rotatable bonds is 5. The summed E-state index contributed by atoms with van der Waals surface area (Å²) in [7, 11) is 0. The van der Waals surface area contributed by atoms with Gasteiger partial charge in [-0.3, -0.25) is 14.2 Å². The van der Waals surface area contributed by atoms with Crippen LogP contribution in [0.4, 0.5) is 4.39 Å². The molecule has 1 unspecified atom stereocenters. The molecule has 0 radical (unpaired) electrons. The van der Waals surface area contributed by atoms with E-state index in [0.29, 0.717) is 10.9 Å². The Balaban J connectivity index is 1.80. The Labute approximate surface area is 180 Å². The van der Waals surface area contributed by atoms with Crippen LogP contribution in [0, 0.1) is 12.7 Å². The van der Waals surface area contributed by atoms with Gasteiger partial charge in [0.1, 0.15) is 5.82 Å². The molecule has 0 saturated carbocycles. The molecule has 0 aliphatic rings. The number of carbonyl (C=O) groups excluding carboxylic acids is 2. The van der Waals surface area contributed by atoms with Gasteiger partial charge in [0.2, 0.25) is 11.5 Å². The van der Waals surface area contributed by atoms with Crippen LogP contribution >= 0.6 is 11.6 Å². The number of amides is 1. The number of Topliss-reactive ketones (excluding diaryl/α,β-unsaturated/α-hetero) is 1. The number of fused-ring (bicyclic) bond motifs is 1. The molecule has 1 N–H and O–H groups in total. The smallest absolute Gasteiger partial charge is 0.353 e. The van der Waals surface area contributed by atoms with E-state index in [0.717, 1.165) is 16.2 Å². The van der Waals surface area contributed by atoms with Crippen molar-refractivity contribution in [1.82, 2.24) is 14.9 Å². The summed E-state index contributed by atoms with van der Waals surface area (Å²) in [5.41, 5.74) is 0.338. The Kier molecular flexibility index (Phi) is 5.39. The number of ketones is 1. The van der Waals surface area contributed by atoms with Crippen LogP contribution in [0.3, 0.4) is 0 Å². The molecule has 7 nitrogen and oxygen atoms in total. The Bertz CT molecular complexity index is 1380. The summed E-state index contributed by atoms with van der Waals surface area (Å²) in [6.45, 7) is 1.82. The van der Waals surface area contributed by atoms with Crippen molar-refractivity contribution in [2.45, 2.75) is 13.1 Å². The molecule has 9 heteroatoms. The first-order chi connectivity index (χ1) is 14.8. The number of aromatic nitrogens is 2. The van der Waals surface area contributed by atoms with Gasteiger partial charge >= 0.3 is 5.69 Å². The monoisotopic (exact) mass is 439 g/mol. The first-order valence-electron chi connectivity index (χ1n) is 9.16. The van der Waals surface area contributed by atoms with E-state index in [1.54, 1.807) is 24.3 Å². The highest BCUT2D eigenvalue weighted by Gasteiger charge is 2.27. The predicted octanol–water partition coefficient (Wildman–Crippen LogP) is 3.90. The fraction of sp³-hybridized carbons (Fsp3) is 0.0909. The van der Waals surface area contributed by atoms with Crippen molar-refractivity contribution in [2.75, 3.05) is 0 Å². The van der Waals surface area contributed by atoms with E-state index >= 15 is 0 Å². The highest BCUT2D eigenvalue weighted by Crippen LogP contribution is 2.20. The summed E-state index contributed by atoms with van der Waals surface area (Å²) in [6.07, 6.45) is 1.21. The zero-order valence-electron chi connectivity index (χ0n) is 16.1. The second-order valence-corrected chi connectivity index (χ2v) is 7.26. The van der Waals surface area contributed by atoms with Gasteiger partial charge in [-0.15, -0.1) is 0 Å². The summed E-state index contributed by atoms with van der Waals surface area (Å²) >= 11 is 5.71. The lowest BCUT2D eigenvalue weighted by Crippen LogP contribution is -2.42. The molecule has 2 aromatic heterocycles. The third kappa shape index (κ3) is 4.10. The molecule has 0 aliphatic carbocycles. The predicted molar refractivity (Wildman–Crippen MR) is 112 cm³/mol. The second-order valence-electron chi connectivity index (χ2n) is 6.85. The number of furan rings is 1. The van der Waals surface area contributed by atoms with Gasteiger partial charge in [-0.1, -0.05) is 29.3 Å². The Morgan fingerprint density at radius 1 is 1.16 bits per heavy atom. The number of hydrogen-bond acceptors (Lipinski definition) is 5. The van der Waals surface area contributed by atoms with Crippen LogP contribution in [0.5, 0.6) is 0 Å². The topological polar surface area (TPSA) is 94.2 Å². The minimum Gasteiger partial charge on any atom is -0.446 e. The Hall–Kier alpha value is -3.78. The summed E-state index contributed by atoms with van der Waals surface area (Å²) in [5, 5.41) is 2.85. The molecule has 0 bridgehead atoms. The lowest BCUT2D eigenvalue weighted by Gasteiger charge is -2.20. The summed E-state index contributed by atoms with van der Waals surface area (Å²) in [6, 6.07) is 11.8. The zero-order valence-corrected chi connectivity index (χ0v) is 16.9. The third-order valence-corrected chi connectivity index (χ3v) is 4.96. The summed E-state index contributed by atoms with van der Waals surface area (Å²) in [5.74, 6) is -2.11. The van der Waals surface area contributed by atoms with Crippen LogP contribution in [0.15, 0.2) is 70.2 Å². The molecule has 156 valence electrons. The zero-order chi connectivity index (χ0) is 22.1. The largest absolute Gasteiger partial charge is 0.446 e. The molecule has 0 aliphatic heterocycles. The van der Waals surface area contributed by atoms with Crippen molar-refractivity contribution >= 4 is 34.4 Å². The number of nitrogens with zero attached hydrogens (tertiary/aromatic N) is 2. The minimum atomic E-state index is -1.48. The molecule has 1 amide bonds. The minimum absolute atomic E-state index is 0.0735. The molecule has 1 atom stereocenters. The van der Waals surface area contributed by atoms with Crippen molar-refractivity contribution in [1.29, 1.82) is 0 Å². The fourth-order valence-electron chi connectivity index (χ4n) is 3.10. The SMILES string of the molecule is Cc1cccc(C(=O)NC(C(=O)c2ccc(Cl)c(F)c2)n2cc3ccoc3nc2=O)c1. The summed E-state index contributed by atoms with van der Waals surface area (Å²) in [4.78, 5) is 42.5. The van der Waals surface area contributed by atoms with E-state index < -0.39 is 29.4 Å². The van der Waals surface area contributed by atoms with Crippen molar-refractivity contribution in [3.05, 3.63) is 99.0 Å². The molecule has 0 fully saturated rings. The molecule has 0 spiro atoms. The van der Waals surface area contributed by atoms with E-state index in [1.807, 2.05) is 13.0 Å². The van der Waals surface area contributed by atoms with E-state index in [-0.39, 0.29) is 16.3 Å². The molecular weight excluding hydrogens is 425 g/mol. The molecule has 4 rings (SSSR count). The van der Waals surface area contributed by atoms with Gasteiger partial charge < -0.3 is 9.73 Å². The lowest BCUT2D eigenvalue weighted by atomic mass is 10.1. The highest BCUT2D eigenvalue weighted by molar-refractivity contribution is 6.30. The van der Waals surface area contributed by atoms with E-state index in [1.165, 1.54) is 24.6 Å².